The molecule has 12 heteroatoms. The average molecular weight is 597 g/mol. The summed E-state index contributed by atoms with van der Waals surface area (Å²) in [4.78, 5) is 18.9. The summed E-state index contributed by atoms with van der Waals surface area (Å²) in [7, 11) is -2.30. The van der Waals surface area contributed by atoms with Crippen LogP contribution in [0.1, 0.15) is 43.5 Å². The summed E-state index contributed by atoms with van der Waals surface area (Å²) in [5.74, 6) is 1.20. The molecule has 4 aromatic rings. The lowest BCUT2D eigenvalue weighted by atomic mass is 10.1. The van der Waals surface area contributed by atoms with Crippen molar-refractivity contribution in [2.24, 2.45) is 11.8 Å². The van der Waals surface area contributed by atoms with Crippen LogP contribution >= 0.6 is 11.3 Å². The SMILES string of the molecule is COc1ccc(S(=O)(=O)CC2CCC(Nc3nc(NCC4CC4)nc(C)c3-c3nc4c(C)nccc4s3)C2)cc1F. The third-order valence-corrected chi connectivity index (χ3v) is 10.8. The summed E-state index contributed by atoms with van der Waals surface area (Å²) in [6.07, 6.45) is 6.45. The van der Waals surface area contributed by atoms with Crippen molar-refractivity contribution in [2.75, 3.05) is 30.0 Å². The van der Waals surface area contributed by atoms with E-state index < -0.39 is 15.7 Å². The van der Waals surface area contributed by atoms with Crippen LogP contribution in [0.4, 0.5) is 16.2 Å². The Morgan fingerprint density at radius 1 is 1.05 bits per heavy atom. The van der Waals surface area contributed by atoms with Crippen molar-refractivity contribution >= 4 is 43.2 Å². The maximum absolute atomic E-state index is 14.2. The molecule has 3 heterocycles. The lowest BCUT2D eigenvalue weighted by molar-refractivity contribution is 0.385. The Morgan fingerprint density at radius 3 is 2.59 bits per heavy atom. The smallest absolute Gasteiger partial charge is 0.224 e. The predicted octanol–water partition coefficient (Wildman–Crippen LogP) is 5.79. The standard InChI is InChI=1S/C29H33FN6O3S2/c1-16-25(28-35-26-17(2)31-11-10-24(26)40-28)27(36-29(33-16)32-14-18-4-5-18)34-20-7-6-19(12-20)15-41(37,38)21-8-9-23(39-3)22(30)13-21/h8-11,13,18-20H,4-7,12,14-15H2,1-3H3,(H2,32,33,34,36). The van der Waals surface area contributed by atoms with E-state index in [9.17, 15) is 12.8 Å². The number of aryl methyl sites for hydroxylation is 2. The normalized spacial score (nSPS) is 19.0. The van der Waals surface area contributed by atoms with E-state index in [0.29, 0.717) is 24.1 Å². The molecule has 3 aromatic heterocycles. The van der Waals surface area contributed by atoms with E-state index in [1.165, 1.54) is 32.1 Å². The summed E-state index contributed by atoms with van der Waals surface area (Å²) in [6.45, 7) is 4.77. The summed E-state index contributed by atoms with van der Waals surface area (Å²) < 4.78 is 46.4. The van der Waals surface area contributed by atoms with E-state index >= 15 is 0 Å². The van der Waals surface area contributed by atoms with Gasteiger partial charge in [-0.05, 0) is 82.1 Å². The number of ether oxygens (including phenoxy) is 1. The van der Waals surface area contributed by atoms with Crippen LogP contribution in [0.25, 0.3) is 20.8 Å². The molecular formula is C29H33FN6O3S2. The summed E-state index contributed by atoms with van der Waals surface area (Å²) in [5, 5.41) is 7.83. The second-order valence-corrected chi connectivity index (χ2v) is 14.1. The number of fused-ring (bicyclic) bond motifs is 1. The summed E-state index contributed by atoms with van der Waals surface area (Å²) in [6, 6.07) is 5.80. The molecule has 216 valence electrons. The molecule has 2 atom stereocenters. The fourth-order valence-electron chi connectivity index (χ4n) is 5.46. The largest absolute Gasteiger partial charge is 0.494 e. The average Bonchev–Trinajstić information content (AvgIpc) is 3.51. The highest BCUT2D eigenvalue weighted by atomic mass is 32.2. The monoisotopic (exact) mass is 596 g/mol. The van der Waals surface area contributed by atoms with Gasteiger partial charge in [-0.2, -0.15) is 4.98 Å². The van der Waals surface area contributed by atoms with Crippen molar-refractivity contribution in [3.8, 4) is 16.3 Å². The van der Waals surface area contributed by atoms with E-state index in [1.54, 1.807) is 17.5 Å². The first-order chi connectivity index (χ1) is 19.7. The zero-order valence-corrected chi connectivity index (χ0v) is 24.9. The van der Waals surface area contributed by atoms with Crippen LogP contribution in [0.2, 0.25) is 0 Å². The van der Waals surface area contributed by atoms with Gasteiger partial charge in [0.15, 0.2) is 21.4 Å². The van der Waals surface area contributed by atoms with E-state index in [-0.39, 0.29) is 28.4 Å². The maximum atomic E-state index is 14.2. The van der Waals surface area contributed by atoms with Gasteiger partial charge in [0.25, 0.3) is 0 Å². The highest BCUT2D eigenvalue weighted by Gasteiger charge is 2.31. The fraction of sp³-hybridized carbons (Fsp3) is 0.448. The van der Waals surface area contributed by atoms with Gasteiger partial charge in [0.2, 0.25) is 5.95 Å². The Hall–Kier alpha value is -3.38. The molecule has 9 nitrogen and oxygen atoms in total. The van der Waals surface area contributed by atoms with Crippen molar-refractivity contribution in [3.05, 3.63) is 47.7 Å². The molecule has 0 amide bonds. The number of hydrogen-bond donors (Lipinski definition) is 2. The fourth-order valence-corrected chi connectivity index (χ4v) is 8.24. The van der Waals surface area contributed by atoms with Gasteiger partial charge in [0, 0.05) is 18.8 Å². The third kappa shape index (κ3) is 5.99. The third-order valence-electron chi connectivity index (χ3n) is 7.86. The molecular weight excluding hydrogens is 563 g/mol. The van der Waals surface area contributed by atoms with Crippen LogP contribution in [-0.2, 0) is 9.84 Å². The lowest BCUT2D eigenvalue weighted by Gasteiger charge is -2.18. The highest BCUT2D eigenvalue weighted by Crippen LogP contribution is 2.39. The first-order valence-corrected chi connectivity index (χ1v) is 16.3. The molecule has 41 heavy (non-hydrogen) atoms. The predicted molar refractivity (Wildman–Crippen MR) is 159 cm³/mol. The van der Waals surface area contributed by atoms with Crippen LogP contribution in [0.5, 0.6) is 5.75 Å². The van der Waals surface area contributed by atoms with Crippen LogP contribution in [0.3, 0.4) is 0 Å². The van der Waals surface area contributed by atoms with Gasteiger partial charge in [-0.1, -0.05) is 0 Å². The Morgan fingerprint density at radius 2 is 1.85 bits per heavy atom. The molecule has 1 aromatic carbocycles. The Labute approximate surface area is 242 Å². The molecule has 2 aliphatic carbocycles. The number of nitrogens with one attached hydrogen (secondary N) is 2. The van der Waals surface area contributed by atoms with E-state index in [4.69, 9.17) is 19.7 Å². The minimum absolute atomic E-state index is 0.0204. The van der Waals surface area contributed by atoms with Crippen molar-refractivity contribution in [3.63, 3.8) is 0 Å². The topological polar surface area (TPSA) is 119 Å². The first-order valence-electron chi connectivity index (χ1n) is 13.9. The maximum Gasteiger partial charge on any atom is 0.224 e. The number of methoxy groups -OCH3 is 1. The molecule has 0 spiro atoms. The molecule has 6 rings (SSSR count). The van der Waals surface area contributed by atoms with E-state index in [1.807, 2.05) is 19.9 Å². The van der Waals surface area contributed by atoms with Gasteiger partial charge in [0.05, 0.1) is 39.4 Å². The molecule has 2 aliphatic rings. The number of sulfone groups is 1. The van der Waals surface area contributed by atoms with Crippen molar-refractivity contribution in [2.45, 2.75) is 56.9 Å². The first kappa shape index (κ1) is 27.8. The highest BCUT2D eigenvalue weighted by molar-refractivity contribution is 7.91. The number of nitrogens with zero attached hydrogens (tertiary/aromatic N) is 4. The molecule has 2 N–H and O–H groups in total. The number of rotatable bonds is 10. The number of thiazole rings is 1. The minimum atomic E-state index is -3.65. The van der Waals surface area contributed by atoms with Gasteiger partial charge < -0.3 is 15.4 Å². The van der Waals surface area contributed by atoms with Crippen LogP contribution < -0.4 is 15.4 Å². The number of pyridine rings is 1. The second kappa shape index (κ2) is 11.1. The molecule has 0 bridgehead atoms. The summed E-state index contributed by atoms with van der Waals surface area (Å²) in [5.41, 5.74) is 3.42. The molecule has 0 radical (unpaired) electrons. The molecule has 0 saturated heterocycles. The quantitative estimate of drug-likeness (QED) is 0.234. The Balaban J connectivity index is 1.24. The van der Waals surface area contributed by atoms with Gasteiger partial charge in [-0.3, -0.25) is 4.98 Å². The number of hydrogen-bond acceptors (Lipinski definition) is 10. The van der Waals surface area contributed by atoms with Gasteiger partial charge in [-0.25, -0.2) is 22.8 Å². The van der Waals surface area contributed by atoms with E-state index in [2.05, 4.69) is 15.6 Å². The van der Waals surface area contributed by atoms with Crippen molar-refractivity contribution in [1.29, 1.82) is 0 Å². The zero-order chi connectivity index (χ0) is 28.7. The minimum Gasteiger partial charge on any atom is -0.494 e. The Bertz CT molecular complexity index is 1710. The summed E-state index contributed by atoms with van der Waals surface area (Å²) >= 11 is 1.58. The van der Waals surface area contributed by atoms with Crippen molar-refractivity contribution in [1.82, 2.24) is 19.9 Å². The van der Waals surface area contributed by atoms with Crippen LogP contribution in [-0.4, -0.2) is 53.8 Å². The molecule has 2 fully saturated rings. The molecule has 2 unspecified atom stereocenters. The lowest BCUT2D eigenvalue weighted by Crippen LogP contribution is -2.21. The Kier molecular flexibility index (Phi) is 7.54. The van der Waals surface area contributed by atoms with Crippen LogP contribution in [0, 0.1) is 31.5 Å². The van der Waals surface area contributed by atoms with Gasteiger partial charge in [-0.15, -0.1) is 11.3 Å². The molecule has 2 saturated carbocycles. The van der Waals surface area contributed by atoms with E-state index in [0.717, 1.165) is 57.6 Å². The number of aromatic nitrogens is 4. The number of halogens is 1. The van der Waals surface area contributed by atoms with Gasteiger partial charge >= 0.3 is 0 Å². The number of benzene rings is 1. The number of anilines is 2. The van der Waals surface area contributed by atoms with Gasteiger partial charge in [0.1, 0.15) is 16.3 Å². The second-order valence-electron chi connectivity index (χ2n) is 11.0. The molecule has 0 aliphatic heterocycles. The van der Waals surface area contributed by atoms with Crippen molar-refractivity contribution < 1.29 is 17.5 Å². The zero-order valence-electron chi connectivity index (χ0n) is 23.3. The van der Waals surface area contributed by atoms with Crippen LogP contribution in [0.15, 0.2) is 35.4 Å².